The van der Waals surface area contributed by atoms with Crippen molar-refractivity contribution in [1.29, 1.82) is 0 Å². The van der Waals surface area contributed by atoms with Gasteiger partial charge in [-0.05, 0) is 6.92 Å². The number of rotatable bonds is 4. The van der Waals surface area contributed by atoms with Crippen LogP contribution in [0.15, 0.2) is 0 Å². The third-order valence-electron chi connectivity index (χ3n) is 1.21. The van der Waals surface area contributed by atoms with Crippen LogP contribution in [-0.2, 0) is 9.59 Å². The minimum absolute atomic E-state index is 0.316. The Morgan fingerprint density at radius 1 is 1.64 bits per heavy atom. The molecule has 0 saturated heterocycles. The SMILES string of the molecule is CC(C(=O)O)C(=O)NCCN. The molecule has 0 saturated carbocycles. The summed E-state index contributed by atoms with van der Waals surface area (Å²) in [5, 5.41) is 10.7. The Morgan fingerprint density at radius 3 is 2.55 bits per heavy atom. The molecule has 0 aliphatic heterocycles. The Hall–Kier alpha value is -1.10. The van der Waals surface area contributed by atoms with Crippen LogP contribution in [0.25, 0.3) is 0 Å². The van der Waals surface area contributed by atoms with Crippen molar-refractivity contribution in [3.05, 3.63) is 0 Å². The van der Waals surface area contributed by atoms with Gasteiger partial charge in [-0.25, -0.2) is 0 Å². The minimum Gasteiger partial charge on any atom is -0.481 e. The first-order valence-electron chi connectivity index (χ1n) is 3.30. The molecule has 0 aromatic carbocycles. The Morgan fingerprint density at radius 2 is 2.18 bits per heavy atom. The summed E-state index contributed by atoms with van der Waals surface area (Å²) in [6.07, 6.45) is 0. The molecule has 0 aromatic heterocycles. The van der Waals surface area contributed by atoms with Gasteiger partial charge in [-0.1, -0.05) is 0 Å². The molecule has 0 rings (SSSR count). The number of hydrogen-bond acceptors (Lipinski definition) is 3. The molecule has 1 unspecified atom stereocenters. The molecule has 0 aliphatic carbocycles. The lowest BCUT2D eigenvalue weighted by Gasteiger charge is -2.05. The number of carboxylic acid groups (broad SMARTS) is 1. The smallest absolute Gasteiger partial charge is 0.315 e. The fraction of sp³-hybridized carbons (Fsp3) is 0.667. The Labute approximate surface area is 64.6 Å². The summed E-state index contributed by atoms with van der Waals surface area (Å²) in [4.78, 5) is 21.0. The quantitative estimate of drug-likeness (QED) is 0.449. The highest BCUT2D eigenvalue weighted by Gasteiger charge is 2.19. The molecule has 0 spiro atoms. The second kappa shape index (κ2) is 4.68. The summed E-state index contributed by atoms with van der Waals surface area (Å²) < 4.78 is 0. The predicted octanol–water partition coefficient (Wildman–Crippen LogP) is -1.22. The standard InChI is InChI=1S/C6H12N2O3/c1-4(6(10)11)5(9)8-3-2-7/h4H,2-3,7H2,1H3,(H,8,9)(H,10,11). The molecule has 0 heterocycles. The van der Waals surface area contributed by atoms with Crippen LogP contribution in [0.1, 0.15) is 6.92 Å². The summed E-state index contributed by atoms with van der Waals surface area (Å²) in [6.45, 7) is 1.96. The van der Waals surface area contributed by atoms with Crippen LogP contribution >= 0.6 is 0 Å². The van der Waals surface area contributed by atoms with Crippen LogP contribution in [0.2, 0.25) is 0 Å². The molecule has 0 bridgehead atoms. The third kappa shape index (κ3) is 3.57. The van der Waals surface area contributed by atoms with Gasteiger partial charge in [0.05, 0.1) is 0 Å². The molecule has 0 aromatic rings. The zero-order valence-electron chi connectivity index (χ0n) is 6.33. The zero-order chi connectivity index (χ0) is 8.85. The normalized spacial score (nSPS) is 12.2. The lowest BCUT2D eigenvalue weighted by atomic mass is 10.2. The Kier molecular flexibility index (Phi) is 4.21. The maximum Gasteiger partial charge on any atom is 0.315 e. The van der Waals surface area contributed by atoms with E-state index in [1.807, 2.05) is 0 Å². The van der Waals surface area contributed by atoms with Gasteiger partial charge >= 0.3 is 5.97 Å². The van der Waals surface area contributed by atoms with E-state index in [4.69, 9.17) is 10.8 Å². The van der Waals surface area contributed by atoms with Crippen molar-refractivity contribution in [3.8, 4) is 0 Å². The second-order valence-electron chi connectivity index (χ2n) is 2.14. The number of carbonyl (C=O) groups excluding carboxylic acids is 1. The lowest BCUT2D eigenvalue weighted by Crippen LogP contribution is -2.36. The number of nitrogens with two attached hydrogens (primary N) is 1. The highest BCUT2D eigenvalue weighted by atomic mass is 16.4. The molecule has 0 fully saturated rings. The first kappa shape index (κ1) is 9.90. The first-order chi connectivity index (χ1) is 5.09. The van der Waals surface area contributed by atoms with Crippen molar-refractivity contribution in [1.82, 2.24) is 5.32 Å². The van der Waals surface area contributed by atoms with E-state index >= 15 is 0 Å². The van der Waals surface area contributed by atoms with Gasteiger partial charge in [-0.3, -0.25) is 9.59 Å². The third-order valence-corrected chi connectivity index (χ3v) is 1.21. The van der Waals surface area contributed by atoms with Crippen molar-refractivity contribution in [2.45, 2.75) is 6.92 Å². The lowest BCUT2D eigenvalue weighted by molar-refractivity contribution is -0.146. The summed E-state index contributed by atoms with van der Waals surface area (Å²) in [7, 11) is 0. The number of nitrogens with one attached hydrogen (secondary N) is 1. The monoisotopic (exact) mass is 160 g/mol. The molecule has 64 valence electrons. The van der Waals surface area contributed by atoms with E-state index in [1.54, 1.807) is 0 Å². The molecule has 5 heteroatoms. The van der Waals surface area contributed by atoms with Gasteiger partial charge < -0.3 is 16.2 Å². The molecule has 1 atom stereocenters. The summed E-state index contributed by atoms with van der Waals surface area (Å²) in [6, 6.07) is 0. The van der Waals surface area contributed by atoms with Gasteiger partial charge in [-0.2, -0.15) is 0 Å². The Balaban J connectivity index is 3.74. The minimum atomic E-state index is -1.13. The van der Waals surface area contributed by atoms with Crippen LogP contribution in [0.4, 0.5) is 0 Å². The molecule has 11 heavy (non-hydrogen) atoms. The van der Waals surface area contributed by atoms with Crippen molar-refractivity contribution >= 4 is 11.9 Å². The van der Waals surface area contributed by atoms with Crippen molar-refractivity contribution in [2.24, 2.45) is 11.7 Å². The summed E-state index contributed by atoms with van der Waals surface area (Å²) in [5.41, 5.74) is 5.09. The highest BCUT2D eigenvalue weighted by Crippen LogP contribution is 1.92. The number of carboxylic acids is 1. The topological polar surface area (TPSA) is 92.4 Å². The van der Waals surface area contributed by atoms with Gasteiger partial charge in [0.15, 0.2) is 0 Å². The van der Waals surface area contributed by atoms with Gasteiger partial charge in [-0.15, -0.1) is 0 Å². The molecule has 1 amide bonds. The molecule has 0 aliphatic rings. The highest BCUT2D eigenvalue weighted by molar-refractivity contribution is 5.96. The second-order valence-corrected chi connectivity index (χ2v) is 2.14. The van der Waals surface area contributed by atoms with Gasteiger partial charge in [0.2, 0.25) is 5.91 Å². The van der Waals surface area contributed by atoms with E-state index in [1.165, 1.54) is 6.92 Å². The Bertz CT molecular complexity index is 158. The maximum absolute atomic E-state index is 10.8. The average molecular weight is 160 g/mol. The summed E-state index contributed by atoms with van der Waals surface area (Å²) in [5.74, 6) is -2.62. The number of amides is 1. The van der Waals surface area contributed by atoms with Crippen LogP contribution in [0.5, 0.6) is 0 Å². The largest absolute Gasteiger partial charge is 0.481 e. The maximum atomic E-state index is 10.8. The van der Waals surface area contributed by atoms with E-state index in [0.29, 0.717) is 13.1 Å². The molecular weight excluding hydrogens is 148 g/mol. The average Bonchev–Trinajstić information content (AvgIpc) is 1.98. The van der Waals surface area contributed by atoms with Crippen LogP contribution in [-0.4, -0.2) is 30.1 Å². The van der Waals surface area contributed by atoms with Crippen molar-refractivity contribution in [2.75, 3.05) is 13.1 Å². The number of aliphatic carboxylic acids is 1. The van der Waals surface area contributed by atoms with E-state index in [9.17, 15) is 9.59 Å². The van der Waals surface area contributed by atoms with E-state index in [2.05, 4.69) is 5.32 Å². The molecule has 0 radical (unpaired) electrons. The van der Waals surface area contributed by atoms with E-state index in [0.717, 1.165) is 0 Å². The molecular formula is C6H12N2O3. The fourth-order valence-corrected chi connectivity index (χ4v) is 0.461. The van der Waals surface area contributed by atoms with Crippen LogP contribution in [0, 0.1) is 5.92 Å². The number of carbonyl (C=O) groups is 2. The van der Waals surface area contributed by atoms with E-state index in [-0.39, 0.29) is 0 Å². The van der Waals surface area contributed by atoms with Gasteiger partial charge in [0.1, 0.15) is 5.92 Å². The summed E-state index contributed by atoms with van der Waals surface area (Å²) >= 11 is 0. The fourth-order valence-electron chi connectivity index (χ4n) is 0.461. The van der Waals surface area contributed by atoms with Crippen LogP contribution < -0.4 is 11.1 Å². The van der Waals surface area contributed by atoms with Crippen LogP contribution in [0.3, 0.4) is 0 Å². The van der Waals surface area contributed by atoms with Gasteiger partial charge in [0, 0.05) is 13.1 Å². The van der Waals surface area contributed by atoms with Crippen molar-refractivity contribution in [3.63, 3.8) is 0 Å². The molecule has 5 nitrogen and oxygen atoms in total. The molecule has 4 N–H and O–H groups in total. The predicted molar refractivity (Wildman–Crippen MR) is 38.9 cm³/mol. The first-order valence-corrected chi connectivity index (χ1v) is 3.30. The number of hydrogen-bond donors (Lipinski definition) is 3. The van der Waals surface area contributed by atoms with Crippen molar-refractivity contribution < 1.29 is 14.7 Å². The van der Waals surface area contributed by atoms with Gasteiger partial charge in [0.25, 0.3) is 0 Å². The zero-order valence-corrected chi connectivity index (χ0v) is 6.33. The van der Waals surface area contributed by atoms with E-state index < -0.39 is 17.8 Å².